The van der Waals surface area contributed by atoms with Gasteiger partial charge in [-0.05, 0) is 12.8 Å². The quantitative estimate of drug-likeness (QED) is 0.815. The van der Waals surface area contributed by atoms with Gasteiger partial charge in [0.05, 0.1) is 0 Å². The second-order valence-electron chi connectivity index (χ2n) is 5.08. The van der Waals surface area contributed by atoms with E-state index >= 15 is 0 Å². The number of benzene rings is 1. The summed E-state index contributed by atoms with van der Waals surface area (Å²) >= 11 is 6.11. The molecule has 1 heterocycles. The Balaban J connectivity index is 2.25. The topological polar surface area (TPSA) is 37.8 Å². The van der Waals surface area contributed by atoms with Crippen LogP contribution in [0, 0.1) is 5.92 Å². The zero-order valence-electron chi connectivity index (χ0n) is 12.1. The summed E-state index contributed by atoms with van der Waals surface area (Å²) in [6.45, 7) is 6.57. The molecular weight excluding hydrogens is 270 g/mol. The van der Waals surface area contributed by atoms with Crippen molar-refractivity contribution in [1.29, 1.82) is 0 Å². The standard InChI is InChI=1S/C16H20ClN3/c1-4-11(2)12(3)18-15-10-14(17)19-16(20-15)13-8-6-5-7-9-13/h5-12H,4H2,1-3H3,(H,18,19,20). The lowest BCUT2D eigenvalue weighted by atomic mass is 10.0. The van der Waals surface area contributed by atoms with Crippen molar-refractivity contribution in [3.05, 3.63) is 41.6 Å². The first kappa shape index (κ1) is 14.8. The predicted molar refractivity (Wildman–Crippen MR) is 85.0 cm³/mol. The average Bonchev–Trinajstić information content (AvgIpc) is 2.46. The Morgan fingerprint density at radius 1 is 1.15 bits per heavy atom. The number of nitrogens with zero attached hydrogens (tertiary/aromatic N) is 2. The average molecular weight is 290 g/mol. The molecule has 2 aromatic rings. The molecule has 2 atom stereocenters. The molecule has 0 saturated heterocycles. The molecule has 0 aliphatic rings. The molecule has 1 N–H and O–H groups in total. The summed E-state index contributed by atoms with van der Waals surface area (Å²) < 4.78 is 0. The molecule has 0 spiro atoms. The molecule has 2 unspecified atom stereocenters. The summed E-state index contributed by atoms with van der Waals surface area (Å²) in [5.74, 6) is 2.00. The van der Waals surface area contributed by atoms with Gasteiger partial charge in [0.25, 0.3) is 0 Å². The smallest absolute Gasteiger partial charge is 0.163 e. The first-order valence-electron chi connectivity index (χ1n) is 6.96. The van der Waals surface area contributed by atoms with Crippen molar-refractivity contribution in [2.24, 2.45) is 5.92 Å². The Hall–Kier alpha value is -1.61. The van der Waals surface area contributed by atoms with Gasteiger partial charge in [-0.25, -0.2) is 9.97 Å². The summed E-state index contributed by atoms with van der Waals surface area (Å²) in [4.78, 5) is 8.84. The van der Waals surface area contributed by atoms with Crippen LogP contribution in [-0.4, -0.2) is 16.0 Å². The molecule has 3 nitrogen and oxygen atoms in total. The zero-order valence-corrected chi connectivity index (χ0v) is 12.9. The van der Waals surface area contributed by atoms with E-state index in [-0.39, 0.29) is 0 Å². The Bertz CT molecular complexity index is 557. The fourth-order valence-corrected chi connectivity index (χ4v) is 2.12. The molecule has 4 heteroatoms. The van der Waals surface area contributed by atoms with Crippen LogP contribution < -0.4 is 5.32 Å². The van der Waals surface area contributed by atoms with Crippen molar-refractivity contribution in [3.8, 4) is 11.4 Å². The van der Waals surface area contributed by atoms with Crippen LogP contribution in [0.15, 0.2) is 36.4 Å². The van der Waals surface area contributed by atoms with Crippen molar-refractivity contribution in [1.82, 2.24) is 9.97 Å². The molecule has 0 aliphatic heterocycles. The maximum atomic E-state index is 6.11. The molecule has 106 valence electrons. The summed E-state index contributed by atoms with van der Waals surface area (Å²) in [6, 6.07) is 12.0. The van der Waals surface area contributed by atoms with E-state index in [2.05, 4.69) is 36.1 Å². The Labute approximate surface area is 125 Å². The lowest BCUT2D eigenvalue weighted by molar-refractivity contribution is 0.493. The molecule has 0 fully saturated rings. The van der Waals surface area contributed by atoms with Crippen molar-refractivity contribution in [3.63, 3.8) is 0 Å². The van der Waals surface area contributed by atoms with Gasteiger partial charge in [-0.1, -0.05) is 62.2 Å². The highest BCUT2D eigenvalue weighted by Gasteiger charge is 2.12. The van der Waals surface area contributed by atoms with Crippen LogP contribution in [0.4, 0.5) is 5.82 Å². The SMILES string of the molecule is CCC(C)C(C)Nc1cc(Cl)nc(-c2ccccc2)n1. The van der Waals surface area contributed by atoms with Gasteiger partial charge in [0.15, 0.2) is 5.82 Å². The number of nitrogens with one attached hydrogen (secondary N) is 1. The second-order valence-corrected chi connectivity index (χ2v) is 5.47. The van der Waals surface area contributed by atoms with Gasteiger partial charge in [-0.15, -0.1) is 0 Å². The third-order valence-electron chi connectivity index (χ3n) is 3.60. The number of hydrogen-bond donors (Lipinski definition) is 1. The molecule has 1 aromatic carbocycles. The van der Waals surface area contributed by atoms with Gasteiger partial charge in [0.1, 0.15) is 11.0 Å². The number of anilines is 1. The number of hydrogen-bond acceptors (Lipinski definition) is 3. The minimum absolute atomic E-state index is 0.342. The molecular formula is C16H20ClN3. The summed E-state index contributed by atoms with van der Waals surface area (Å²) in [6.07, 6.45) is 1.12. The zero-order chi connectivity index (χ0) is 14.5. The van der Waals surface area contributed by atoms with Crippen molar-refractivity contribution in [2.45, 2.75) is 33.2 Å². The molecule has 0 amide bonds. The number of aromatic nitrogens is 2. The van der Waals surface area contributed by atoms with E-state index in [1.54, 1.807) is 6.07 Å². The second kappa shape index (κ2) is 6.71. The maximum Gasteiger partial charge on any atom is 0.163 e. The van der Waals surface area contributed by atoms with Gasteiger partial charge >= 0.3 is 0 Å². The molecule has 20 heavy (non-hydrogen) atoms. The highest BCUT2D eigenvalue weighted by Crippen LogP contribution is 2.21. The highest BCUT2D eigenvalue weighted by atomic mass is 35.5. The first-order valence-corrected chi connectivity index (χ1v) is 7.34. The van der Waals surface area contributed by atoms with E-state index in [9.17, 15) is 0 Å². The largest absolute Gasteiger partial charge is 0.367 e. The van der Waals surface area contributed by atoms with Gasteiger partial charge in [-0.2, -0.15) is 0 Å². The van der Waals surface area contributed by atoms with Crippen molar-refractivity contribution in [2.75, 3.05) is 5.32 Å². The first-order chi connectivity index (χ1) is 9.60. The number of rotatable bonds is 5. The fraction of sp³-hybridized carbons (Fsp3) is 0.375. The van der Waals surface area contributed by atoms with Crippen molar-refractivity contribution >= 4 is 17.4 Å². The molecule has 0 radical (unpaired) electrons. The number of halogens is 1. The lowest BCUT2D eigenvalue weighted by Crippen LogP contribution is -2.23. The normalized spacial score (nSPS) is 13.8. The molecule has 0 saturated carbocycles. The Kier molecular flexibility index (Phi) is 4.96. The minimum Gasteiger partial charge on any atom is -0.367 e. The van der Waals surface area contributed by atoms with Gasteiger partial charge in [0, 0.05) is 17.7 Å². The van der Waals surface area contributed by atoms with Gasteiger partial charge in [0.2, 0.25) is 0 Å². The highest BCUT2D eigenvalue weighted by molar-refractivity contribution is 6.29. The van der Waals surface area contributed by atoms with Crippen LogP contribution in [0.5, 0.6) is 0 Å². The van der Waals surface area contributed by atoms with Crippen LogP contribution in [-0.2, 0) is 0 Å². The minimum atomic E-state index is 0.342. The predicted octanol–water partition coefficient (Wildman–Crippen LogP) is 4.64. The molecule has 0 bridgehead atoms. The molecule has 2 rings (SSSR count). The van der Waals surface area contributed by atoms with Gasteiger partial charge in [-0.3, -0.25) is 0 Å². The third kappa shape index (κ3) is 3.70. The van der Waals surface area contributed by atoms with E-state index in [0.29, 0.717) is 22.9 Å². The maximum absolute atomic E-state index is 6.11. The van der Waals surface area contributed by atoms with Crippen LogP contribution in [0.2, 0.25) is 5.15 Å². The summed E-state index contributed by atoms with van der Waals surface area (Å²) in [5, 5.41) is 3.86. The fourth-order valence-electron chi connectivity index (χ4n) is 1.94. The lowest BCUT2D eigenvalue weighted by Gasteiger charge is -2.20. The summed E-state index contributed by atoms with van der Waals surface area (Å²) in [7, 11) is 0. The summed E-state index contributed by atoms with van der Waals surface area (Å²) in [5.41, 5.74) is 0.967. The van der Waals surface area contributed by atoms with Crippen LogP contribution in [0.3, 0.4) is 0 Å². The van der Waals surface area contributed by atoms with E-state index in [4.69, 9.17) is 11.6 Å². The van der Waals surface area contributed by atoms with E-state index in [0.717, 1.165) is 17.8 Å². The van der Waals surface area contributed by atoms with Gasteiger partial charge < -0.3 is 5.32 Å². The monoisotopic (exact) mass is 289 g/mol. The van der Waals surface area contributed by atoms with E-state index < -0.39 is 0 Å². The van der Waals surface area contributed by atoms with Crippen LogP contribution >= 0.6 is 11.6 Å². The molecule has 0 aliphatic carbocycles. The van der Waals surface area contributed by atoms with Crippen LogP contribution in [0.1, 0.15) is 27.2 Å². The molecule has 1 aromatic heterocycles. The Morgan fingerprint density at radius 3 is 2.50 bits per heavy atom. The van der Waals surface area contributed by atoms with E-state index in [1.165, 1.54) is 0 Å². The van der Waals surface area contributed by atoms with E-state index in [1.807, 2.05) is 30.3 Å². The third-order valence-corrected chi connectivity index (χ3v) is 3.79. The Morgan fingerprint density at radius 2 is 1.85 bits per heavy atom. The van der Waals surface area contributed by atoms with Crippen molar-refractivity contribution < 1.29 is 0 Å². The van der Waals surface area contributed by atoms with Crippen LogP contribution in [0.25, 0.3) is 11.4 Å².